The Hall–Kier alpha value is -3.58. The standard InChI is InChI=1S/C38H42O5/c1-2-3-24-34-36(40-26-31-18-10-5-11-19-31)38(42-28-33-22-14-7-15-23-33)37(41-27-32-20-12-6-13-21-32)35(43-34)29-39-25-30-16-8-4-9-17-30/h2,4-23,34-38H,1,3,24-29H2/t34-,35+,36-,37-,38+/m0/s1. The largest absolute Gasteiger partial charge is 0.374 e. The lowest BCUT2D eigenvalue weighted by Gasteiger charge is -2.46. The molecule has 5 rings (SSSR count). The molecule has 0 spiro atoms. The Bertz CT molecular complexity index is 1320. The van der Waals surface area contributed by atoms with E-state index in [2.05, 4.69) is 55.1 Å². The Kier molecular flexibility index (Phi) is 12.1. The zero-order valence-electron chi connectivity index (χ0n) is 24.7. The number of benzene rings is 4. The summed E-state index contributed by atoms with van der Waals surface area (Å²) >= 11 is 0. The van der Waals surface area contributed by atoms with E-state index in [1.165, 1.54) is 0 Å². The fraction of sp³-hybridized carbons (Fsp3) is 0.316. The molecule has 0 N–H and O–H groups in total. The zero-order valence-corrected chi connectivity index (χ0v) is 24.7. The summed E-state index contributed by atoms with van der Waals surface area (Å²) in [6, 6.07) is 40.8. The molecule has 1 saturated heterocycles. The van der Waals surface area contributed by atoms with E-state index in [0.29, 0.717) is 33.0 Å². The highest BCUT2D eigenvalue weighted by Crippen LogP contribution is 2.33. The van der Waals surface area contributed by atoms with Gasteiger partial charge in [-0.25, -0.2) is 0 Å². The molecule has 0 unspecified atom stereocenters. The third kappa shape index (κ3) is 9.45. The molecule has 5 heteroatoms. The van der Waals surface area contributed by atoms with Crippen molar-refractivity contribution in [2.45, 2.75) is 69.8 Å². The van der Waals surface area contributed by atoms with Crippen LogP contribution in [0.4, 0.5) is 0 Å². The highest BCUT2D eigenvalue weighted by Gasteiger charge is 2.48. The molecule has 1 aliphatic rings. The molecule has 1 heterocycles. The van der Waals surface area contributed by atoms with Crippen LogP contribution in [0.15, 0.2) is 134 Å². The smallest absolute Gasteiger partial charge is 0.115 e. The minimum absolute atomic E-state index is 0.218. The van der Waals surface area contributed by atoms with E-state index in [1.807, 2.05) is 78.9 Å². The van der Waals surface area contributed by atoms with Crippen LogP contribution in [0.5, 0.6) is 0 Å². The van der Waals surface area contributed by atoms with Gasteiger partial charge in [0.15, 0.2) is 0 Å². The van der Waals surface area contributed by atoms with Gasteiger partial charge in [0.2, 0.25) is 0 Å². The van der Waals surface area contributed by atoms with Crippen LogP contribution in [0, 0.1) is 0 Å². The van der Waals surface area contributed by atoms with E-state index >= 15 is 0 Å². The van der Waals surface area contributed by atoms with Crippen molar-refractivity contribution in [2.75, 3.05) is 6.61 Å². The second kappa shape index (κ2) is 16.9. The first kappa shape index (κ1) is 30.9. The van der Waals surface area contributed by atoms with Gasteiger partial charge < -0.3 is 23.7 Å². The molecule has 4 aromatic carbocycles. The molecule has 43 heavy (non-hydrogen) atoms. The van der Waals surface area contributed by atoms with Gasteiger partial charge in [0.05, 0.1) is 39.1 Å². The van der Waals surface area contributed by atoms with Gasteiger partial charge in [0.25, 0.3) is 0 Å². The summed E-state index contributed by atoms with van der Waals surface area (Å²) in [6.07, 6.45) is 1.76. The number of hydrogen-bond acceptors (Lipinski definition) is 5. The molecule has 0 bridgehead atoms. The Morgan fingerprint density at radius 3 is 1.35 bits per heavy atom. The number of allylic oxidation sites excluding steroid dienone is 1. The van der Waals surface area contributed by atoms with Gasteiger partial charge in [-0.05, 0) is 35.1 Å². The van der Waals surface area contributed by atoms with Crippen LogP contribution in [0.3, 0.4) is 0 Å². The summed E-state index contributed by atoms with van der Waals surface area (Å²) in [5, 5.41) is 0. The van der Waals surface area contributed by atoms with Crippen molar-refractivity contribution in [3.8, 4) is 0 Å². The van der Waals surface area contributed by atoms with E-state index in [0.717, 1.165) is 35.1 Å². The van der Waals surface area contributed by atoms with Crippen LogP contribution in [0.1, 0.15) is 35.1 Å². The molecule has 0 saturated carbocycles. The quantitative estimate of drug-likeness (QED) is 0.128. The van der Waals surface area contributed by atoms with Crippen molar-refractivity contribution >= 4 is 0 Å². The molecule has 224 valence electrons. The van der Waals surface area contributed by atoms with Gasteiger partial charge in [-0.15, -0.1) is 6.58 Å². The lowest BCUT2D eigenvalue weighted by Crippen LogP contribution is -2.61. The summed E-state index contributed by atoms with van der Waals surface area (Å²) in [5.41, 5.74) is 4.40. The normalized spacial score (nSPS) is 21.8. The van der Waals surface area contributed by atoms with Gasteiger partial charge >= 0.3 is 0 Å². The van der Waals surface area contributed by atoms with Crippen LogP contribution in [-0.4, -0.2) is 37.1 Å². The lowest BCUT2D eigenvalue weighted by molar-refractivity contribution is -0.273. The summed E-state index contributed by atoms with van der Waals surface area (Å²) in [6.45, 7) is 6.14. The summed E-state index contributed by atoms with van der Waals surface area (Å²) in [4.78, 5) is 0. The Labute approximate surface area is 256 Å². The minimum Gasteiger partial charge on any atom is -0.374 e. The lowest BCUT2D eigenvalue weighted by atomic mass is 9.91. The Morgan fingerprint density at radius 2 is 0.907 bits per heavy atom. The fourth-order valence-electron chi connectivity index (χ4n) is 5.40. The minimum atomic E-state index is -0.416. The van der Waals surface area contributed by atoms with Gasteiger partial charge in [0.1, 0.15) is 24.4 Å². The maximum Gasteiger partial charge on any atom is 0.115 e. The monoisotopic (exact) mass is 578 g/mol. The van der Waals surface area contributed by atoms with Crippen molar-refractivity contribution < 1.29 is 23.7 Å². The van der Waals surface area contributed by atoms with Crippen LogP contribution >= 0.6 is 0 Å². The molecule has 5 nitrogen and oxygen atoms in total. The second-order valence-corrected chi connectivity index (χ2v) is 10.9. The predicted molar refractivity (Wildman–Crippen MR) is 169 cm³/mol. The molecule has 1 aliphatic heterocycles. The molecule has 0 radical (unpaired) electrons. The van der Waals surface area contributed by atoms with Crippen molar-refractivity contribution in [3.05, 3.63) is 156 Å². The third-order valence-corrected chi connectivity index (χ3v) is 7.63. The first-order valence-electron chi connectivity index (χ1n) is 15.1. The zero-order chi connectivity index (χ0) is 29.5. The maximum absolute atomic E-state index is 6.81. The maximum atomic E-state index is 6.81. The molecular weight excluding hydrogens is 536 g/mol. The van der Waals surface area contributed by atoms with Crippen LogP contribution < -0.4 is 0 Å². The topological polar surface area (TPSA) is 46.2 Å². The van der Waals surface area contributed by atoms with E-state index in [9.17, 15) is 0 Å². The fourth-order valence-corrected chi connectivity index (χ4v) is 5.40. The van der Waals surface area contributed by atoms with Crippen molar-refractivity contribution in [2.24, 2.45) is 0 Å². The summed E-state index contributed by atoms with van der Waals surface area (Å²) in [5.74, 6) is 0. The second-order valence-electron chi connectivity index (χ2n) is 10.9. The van der Waals surface area contributed by atoms with Crippen molar-refractivity contribution in [1.29, 1.82) is 0 Å². The summed E-state index contributed by atoms with van der Waals surface area (Å²) < 4.78 is 33.2. The first-order chi connectivity index (χ1) is 21.3. The van der Waals surface area contributed by atoms with E-state index in [4.69, 9.17) is 23.7 Å². The highest BCUT2D eigenvalue weighted by molar-refractivity contribution is 5.16. The van der Waals surface area contributed by atoms with E-state index < -0.39 is 6.10 Å². The number of rotatable bonds is 16. The molecule has 4 aromatic rings. The van der Waals surface area contributed by atoms with Gasteiger partial charge in [0, 0.05) is 0 Å². The summed E-state index contributed by atoms with van der Waals surface area (Å²) in [7, 11) is 0. The predicted octanol–water partition coefficient (Wildman–Crippen LogP) is 7.69. The van der Waals surface area contributed by atoms with Gasteiger partial charge in [-0.3, -0.25) is 0 Å². The van der Waals surface area contributed by atoms with Crippen LogP contribution in [0.2, 0.25) is 0 Å². The first-order valence-corrected chi connectivity index (χ1v) is 15.1. The molecule has 0 amide bonds. The Balaban J connectivity index is 1.41. The number of hydrogen-bond donors (Lipinski definition) is 0. The molecular formula is C38H42O5. The van der Waals surface area contributed by atoms with Crippen LogP contribution in [0.25, 0.3) is 0 Å². The van der Waals surface area contributed by atoms with E-state index in [1.54, 1.807) is 0 Å². The average molecular weight is 579 g/mol. The third-order valence-electron chi connectivity index (χ3n) is 7.63. The number of ether oxygens (including phenoxy) is 5. The Morgan fingerprint density at radius 1 is 0.512 bits per heavy atom. The van der Waals surface area contributed by atoms with Gasteiger partial charge in [-0.2, -0.15) is 0 Å². The molecule has 0 aliphatic carbocycles. The van der Waals surface area contributed by atoms with E-state index in [-0.39, 0.29) is 24.4 Å². The molecule has 1 fully saturated rings. The SMILES string of the molecule is C=CCC[C@@H]1O[C@H](COCc2ccccc2)[C@H](OCc2ccccc2)[C@H](OCc2ccccc2)[C@H]1OCc1ccccc1. The molecule has 0 aromatic heterocycles. The average Bonchev–Trinajstić information content (AvgIpc) is 3.07. The van der Waals surface area contributed by atoms with Crippen molar-refractivity contribution in [1.82, 2.24) is 0 Å². The van der Waals surface area contributed by atoms with Gasteiger partial charge in [-0.1, -0.05) is 127 Å². The van der Waals surface area contributed by atoms with Crippen molar-refractivity contribution in [3.63, 3.8) is 0 Å². The molecule has 5 atom stereocenters. The highest BCUT2D eigenvalue weighted by atomic mass is 16.6. The van der Waals surface area contributed by atoms with Crippen LogP contribution in [-0.2, 0) is 50.1 Å².